The molecular formula is C15H23N3O2S. The number of nitrogens with one attached hydrogen (secondary N) is 2. The van der Waals surface area contributed by atoms with E-state index in [4.69, 9.17) is 10.5 Å². The van der Waals surface area contributed by atoms with Gasteiger partial charge in [-0.2, -0.15) is 0 Å². The number of carbonyl (C=O) groups excluding carboxylic acids is 1. The van der Waals surface area contributed by atoms with Crippen LogP contribution in [0.1, 0.15) is 42.3 Å². The Balaban J connectivity index is 1.57. The summed E-state index contributed by atoms with van der Waals surface area (Å²) >= 11 is 1.44. The van der Waals surface area contributed by atoms with Gasteiger partial charge in [0.25, 0.3) is 5.91 Å². The van der Waals surface area contributed by atoms with Crippen molar-refractivity contribution in [1.82, 2.24) is 5.32 Å². The molecule has 3 rings (SSSR count). The minimum Gasteiger partial charge on any atom is -0.397 e. The molecule has 5 nitrogen and oxygen atoms in total. The molecule has 0 spiro atoms. The smallest absolute Gasteiger partial charge is 0.263 e. The maximum atomic E-state index is 12.1. The van der Waals surface area contributed by atoms with E-state index in [1.165, 1.54) is 11.3 Å². The van der Waals surface area contributed by atoms with Crippen LogP contribution in [0.2, 0.25) is 0 Å². The van der Waals surface area contributed by atoms with Crippen molar-refractivity contribution in [3.8, 4) is 0 Å². The molecular weight excluding hydrogens is 286 g/mol. The summed E-state index contributed by atoms with van der Waals surface area (Å²) in [5.41, 5.74) is 6.53. The lowest BCUT2D eigenvalue weighted by atomic mass is 10.00. The number of thiophene rings is 1. The predicted molar refractivity (Wildman–Crippen MR) is 85.8 cm³/mol. The van der Waals surface area contributed by atoms with Gasteiger partial charge in [-0.3, -0.25) is 4.79 Å². The number of carbonyl (C=O) groups is 1. The zero-order valence-corrected chi connectivity index (χ0v) is 13.2. The molecule has 0 aromatic carbocycles. The lowest BCUT2D eigenvalue weighted by Gasteiger charge is -2.17. The third-order valence-electron chi connectivity index (χ3n) is 4.17. The van der Waals surface area contributed by atoms with Crippen LogP contribution < -0.4 is 16.4 Å². The maximum absolute atomic E-state index is 12.1. The first kappa shape index (κ1) is 14.7. The third kappa shape index (κ3) is 3.49. The number of anilines is 2. The fourth-order valence-electron chi connectivity index (χ4n) is 2.76. The summed E-state index contributed by atoms with van der Waals surface area (Å²) in [5, 5.41) is 7.36. The average molecular weight is 309 g/mol. The van der Waals surface area contributed by atoms with E-state index in [1.54, 1.807) is 0 Å². The Hall–Kier alpha value is -1.27. The molecule has 1 aliphatic carbocycles. The number of amides is 1. The Morgan fingerprint density at radius 2 is 2.29 bits per heavy atom. The van der Waals surface area contributed by atoms with Crippen LogP contribution >= 0.6 is 11.3 Å². The van der Waals surface area contributed by atoms with Crippen molar-refractivity contribution in [2.24, 2.45) is 5.92 Å². The number of nitrogen functional groups attached to an aromatic ring is 1. The molecule has 1 aromatic heterocycles. The van der Waals surface area contributed by atoms with E-state index in [-0.39, 0.29) is 5.91 Å². The molecule has 2 atom stereocenters. The molecule has 0 radical (unpaired) electrons. The Morgan fingerprint density at radius 3 is 3.00 bits per heavy atom. The third-order valence-corrected chi connectivity index (χ3v) is 5.27. The molecule has 6 heteroatoms. The van der Waals surface area contributed by atoms with Gasteiger partial charge in [-0.1, -0.05) is 6.92 Å². The molecule has 4 N–H and O–H groups in total. The molecule has 1 aromatic rings. The first-order valence-corrected chi connectivity index (χ1v) is 8.54. The number of hydrogen-bond acceptors (Lipinski definition) is 5. The fraction of sp³-hybridized carbons (Fsp3) is 0.667. The second-order valence-electron chi connectivity index (χ2n) is 5.89. The number of ether oxygens (including phenoxy) is 1. The Bertz CT molecular complexity index is 513. The quantitative estimate of drug-likeness (QED) is 0.754. The van der Waals surface area contributed by atoms with Crippen molar-refractivity contribution in [1.29, 1.82) is 0 Å². The average Bonchev–Trinajstić information content (AvgIpc) is 3.02. The molecule has 116 valence electrons. The topological polar surface area (TPSA) is 76.4 Å². The molecule has 2 aliphatic rings. The van der Waals surface area contributed by atoms with Gasteiger partial charge in [0.05, 0.1) is 16.8 Å². The molecule has 2 unspecified atom stereocenters. The summed E-state index contributed by atoms with van der Waals surface area (Å²) in [6, 6.07) is 2.22. The van der Waals surface area contributed by atoms with Crippen molar-refractivity contribution in [3.05, 3.63) is 10.9 Å². The van der Waals surface area contributed by atoms with Gasteiger partial charge in [-0.25, -0.2) is 0 Å². The van der Waals surface area contributed by atoms with E-state index >= 15 is 0 Å². The second-order valence-corrected chi connectivity index (χ2v) is 6.94. The fourth-order valence-corrected chi connectivity index (χ4v) is 3.65. The predicted octanol–water partition coefficient (Wildman–Crippen LogP) is 2.45. The number of nitrogens with two attached hydrogens (primary N) is 1. The SMILES string of the molecule is CCC1OCCC1CNc1cc(N)c(C(=O)NC2CC2)s1. The van der Waals surface area contributed by atoms with E-state index in [9.17, 15) is 4.79 Å². The minimum atomic E-state index is -0.0383. The molecule has 2 heterocycles. The van der Waals surface area contributed by atoms with Crippen LogP contribution in [0.4, 0.5) is 10.7 Å². The Labute approximate surface area is 129 Å². The molecule has 0 bridgehead atoms. The standard InChI is InChI=1S/C15H23N3O2S/c1-2-12-9(5-6-20-12)8-17-13-7-11(16)14(21-13)15(19)18-10-3-4-10/h7,9-10,12,17H,2-6,8,16H2,1H3,(H,18,19). The van der Waals surface area contributed by atoms with Crippen LogP contribution in [0.3, 0.4) is 0 Å². The largest absolute Gasteiger partial charge is 0.397 e. The van der Waals surface area contributed by atoms with Gasteiger partial charge >= 0.3 is 0 Å². The molecule has 1 saturated heterocycles. The summed E-state index contributed by atoms with van der Waals surface area (Å²) in [4.78, 5) is 12.7. The van der Waals surface area contributed by atoms with Crippen molar-refractivity contribution in [2.45, 2.75) is 44.8 Å². The van der Waals surface area contributed by atoms with Crippen molar-refractivity contribution in [3.63, 3.8) is 0 Å². The van der Waals surface area contributed by atoms with Gasteiger partial charge < -0.3 is 21.1 Å². The summed E-state index contributed by atoms with van der Waals surface area (Å²) in [7, 11) is 0. The summed E-state index contributed by atoms with van der Waals surface area (Å²) in [6.45, 7) is 3.89. The summed E-state index contributed by atoms with van der Waals surface area (Å²) in [6.07, 6.45) is 4.67. The van der Waals surface area contributed by atoms with Gasteiger partial charge in [0.15, 0.2) is 0 Å². The van der Waals surface area contributed by atoms with Crippen LogP contribution in [-0.2, 0) is 4.74 Å². The number of rotatable bonds is 6. The lowest BCUT2D eigenvalue weighted by molar-refractivity contribution is 0.0900. The normalized spacial score (nSPS) is 25.0. The van der Waals surface area contributed by atoms with Gasteiger partial charge in [-0.05, 0) is 31.7 Å². The molecule has 1 saturated carbocycles. The van der Waals surface area contributed by atoms with Crippen LogP contribution in [0.15, 0.2) is 6.07 Å². The van der Waals surface area contributed by atoms with Crippen LogP contribution in [0, 0.1) is 5.92 Å². The van der Waals surface area contributed by atoms with Crippen molar-refractivity contribution in [2.75, 3.05) is 24.2 Å². The number of hydrogen-bond donors (Lipinski definition) is 3. The highest BCUT2D eigenvalue weighted by Crippen LogP contribution is 2.31. The Kier molecular flexibility index (Phi) is 4.35. The molecule has 1 amide bonds. The van der Waals surface area contributed by atoms with Crippen LogP contribution in [0.25, 0.3) is 0 Å². The van der Waals surface area contributed by atoms with Crippen LogP contribution in [-0.4, -0.2) is 31.2 Å². The highest BCUT2D eigenvalue weighted by Gasteiger charge is 2.27. The van der Waals surface area contributed by atoms with E-state index in [1.807, 2.05) is 6.07 Å². The Morgan fingerprint density at radius 1 is 1.48 bits per heavy atom. The zero-order chi connectivity index (χ0) is 14.8. The first-order chi connectivity index (χ1) is 10.2. The summed E-state index contributed by atoms with van der Waals surface area (Å²) in [5.74, 6) is 0.505. The van der Waals surface area contributed by atoms with Crippen molar-refractivity contribution >= 4 is 27.9 Å². The molecule has 1 aliphatic heterocycles. The van der Waals surface area contributed by atoms with Gasteiger partial charge in [0.1, 0.15) is 4.88 Å². The molecule has 2 fully saturated rings. The summed E-state index contributed by atoms with van der Waals surface area (Å²) < 4.78 is 5.70. The van der Waals surface area contributed by atoms with Gasteiger partial charge in [0, 0.05) is 25.1 Å². The highest BCUT2D eigenvalue weighted by molar-refractivity contribution is 7.18. The van der Waals surface area contributed by atoms with E-state index < -0.39 is 0 Å². The zero-order valence-electron chi connectivity index (χ0n) is 12.4. The van der Waals surface area contributed by atoms with Gasteiger partial charge in [0.2, 0.25) is 0 Å². The highest BCUT2D eigenvalue weighted by atomic mass is 32.1. The van der Waals surface area contributed by atoms with E-state index in [0.29, 0.717) is 28.6 Å². The second kappa shape index (κ2) is 6.23. The molecule has 21 heavy (non-hydrogen) atoms. The maximum Gasteiger partial charge on any atom is 0.263 e. The van der Waals surface area contributed by atoms with E-state index in [0.717, 1.165) is 43.8 Å². The van der Waals surface area contributed by atoms with Gasteiger partial charge in [-0.15, -0.1) is 11.3 Å². The monoisotopic (exact) mass is 309 g/mol. The van der Waals surface area contributed by atoms with Crippen LogP contribution in [0.5, 0.6) is 0 Å². The minimum absolute atomic E-state index is 0.0383. The lowest BCUT2D eigenvalue weighted by Crippen LogP contribution is -2.25. The first-order valence-electron chi connectivity index (χ1n) is 7.73. The van der Waals surface area contributed by atoms with Crippen molar-refractivity contribution < 1.29 is 9.53 Å². The van der Waals surface area contributed by atoms with E-state index in [2.05, 4.69) is 17.6 Å².